The van der Waals surface area contributed by atoms with Crippen LogP contribution in [0.2, 0.25) is 0 Å². The third-order valence-electron chi connectivity index (χ3n) is 3.25. The van der Waals surface area contributed by atoms with Crippen molar-refractivity contribution < 1.29 is 5.11 Å². The summed E-state index contributed by atoms with van der Waals surface area (Å²) in [5, 5.41) is 9.10. The van der Waals surface area contributed by atoms with Gasteiger partial charge in [0.15, 0.2) is 0 Å². The summed E-state index contributed by atoms with van der Waals surface area (Å²) in [6.07, 6.45) is 1.28. The van der Waals surface area contributed by atoms with Crippen LogP contribution in [0.1, 0.15) is 27.2 Å². The van der Waals surface area contributed by atoms with Gasteiger partial charge in [0.2, 0.25) is 0 Å². The van der Waals surface area contributed by atoms with Gasteiger partial charge in [0.05, 0.1) is 19.5 Å². The second-order valence-electron chi connectivity index (χ2n) is 4.07. The van der Waals surface area contributed by atoms with E-state index in [-0.39, 0.29) is 6.61 Å². The molecule has 0 saturated carbocycles. The zero-order valence-corrected chi connectivity index (χ0v) is 10.3. The Kier molecular flexibility index (Phi) is 5.53. The minimum absolute atomic E-state index is 0.282. The lowest BCUT2D eigenvalue weighted by molar-refractivity contribution is -0.0855. The van der Waals surface area contributed by atoms with Gasteiger partial charge in [-0.1, -0.05) is 20.8 Å². The third kappa shape index (κ3) is 3.14. The topological polar surface area (TPSA) is 30.0 Å². The molecule has 0 aromatic heterocycles. The first-order valence-corrected chi connectivity index (χ1v) is 6.08. The van der Waals surface area contributed by atoms with Crippen LogP contribution in [0.3, 0.4) is 0 Å². The van der Waals surface area contributed by atoms with Gasteiger partial charge in [0.25, 0.3) is 0 Å². The minimum Gasteiger partial charge on any atom is -0.396 e. The molecule has 15 heavy (non-hydrogen) atoms. The van der Waals surface area contributed by atoms with Gasteiger partial charge in [-0.15, -0.1) is 0 Å². The average Bonchev–Trinajstić information content (AvgIpc) is 2.29. The first-order valence-electron chi connectivity index (χ1n) is 6.08. The largest absolute Gasteiger partial charge is 0.396 e. The number of nitrogens with zero attached hydrogens (tertiary/aromatic N) is 3. The summed E-state index contributed by atoms with van der Waals surface area (Å²) in [6.45, 7) is 12.1. The first-order chi connectivity index (χ1) is 7.26. The lowest BCUT2D eigenvalue weighted by Crippen LogP contribution is -2.61. The van der Waals surface area contributed by atoms with Crippen molar-refractivity contribution in [1.29, 1.82) is 0 Å². The predicted octanol–water partition coefficient (Wildman–Crippen LogP) is 0.589. The molecule has 0 bridgehead atoms. The zero-order chi connectivity index (χ0) is 11.3. The number of hydrogen-bond acceptors (Lipinski definition) is 4. The summed E-state index contributed by atoms with van der Waals surface area (Å²) < 4.78 is 0. The van der Waals surface area contributed by atoms with Gasteiger partial charge in [-0.05, 0) is 26.1 Å². The Bertz CT molecular complexity index is 163. The van der Waals surface area contributed by atoms with Gasteiger partial charge in [-0.2, -0.15) is 0 Å². The Labute approximate surface area is 93.5 Å². The Balaban J connectivity index is 2.64. The molecule has 0 aromatic carbocycles. The van der Waals surface area contributed by atoms with Crippen molar-refractivity contribution in [2.45, 2.75) is 33.4 Å². The molecule has 1 fully saturated rings. The van der Waals surface area contributed by atoms with Crippen molar-refractivity contribution >= 4 is 0 Å². The fourth-order valence-electron chi connectivity index (χ4n) is 2.28. The Morgan fingerprint density at radius 2 is 1.53 bits per heavy atom. The second-order valence-corrected chi connectivity index (χ2v) is 4.07. The summed E-state index contributed by atoms with van der Waals surface area (Å²) in [4.78, 5) is 7.31. The van der Waals surface area contributed by atoms with E-state index in [0.29, 0.717) is 6.17 Å². The summed E-state index contributed by atoms with van der Waals surface area (Å²) in [7, 11) is 0. The van der Waals surface area contributed by atoms with Gasteiger partial charge < -0.3 is 5.11 Å². The molecular weight excluding hydrogens is 190 g/mol. The maximum Gasteiger partial charge on any atom is 0.0665 e. The molecule has 1 aliphatic rings. The highest BCUT2D eigenvalue weighted by molar-refractivity contribution is 4.77. The van der Waals surface area contributed by atoms with E-state index in [4.69, 9.17) is 5.11 Å². The van der Waals surface area contributed by atoms with E-state index in [1.807, 2.05) is 0 Å². The molecule has 0 atom stereocenters. The molecule has 4 heteroatoms. The van der Waals surface area contributed by atoms with Crippen LogP contribution >= 0.6 is 0 Å². The summed E-state index contributed by atoms with van der Waals surface area (Å²) in [5.74, 6) is 0. The number of aliphatic hydroxyl groups is 1. The summed E-state index contributed by atoms with van der Waals surface area (Å²) in [5.41, 5.74) is 0. The summed E-state index contributed by atoms with van der Waals surface area (Å²) >= 11 is 0. The van der Waals surface area contributed by atoms with Crippen LogP contribution in [0.25, 0.3) is 0 Å². The van der Waals surface area contributed by atoms with E-state index in [1.165, 1.54) is 0 Å². The van der Waals surface area contributed by atoms with Crippen LogP contribution < -0.4 is 0 Å². The molecule has 4 nitrogen and oxygen atoms in total. The zero-order valence-electron chi connectivity index (χ0n) is 10.3. The third-order valence-corrected chi connectivity index (χ3v) is 3.25. The Hall–Kier alpha value is -0.160. The quantitative estimate of drug-likeness (QED) is 0.727. The van der Waals surface area contributed by atoms with E-state index in [0.717, 1.165) is 39.4 Å². The normalized spacial score (nSPS) is 22.4. The van der Waals surface area contributed by atoms with E-state index in [1.54, 1.807) is 0 Å². The lowest BCUT2D eigenvalue weighted by Gasteiger charge is -2.47. The molecule has 0 aliphatic carbocycles. The van der Waals surface area contributed by atoms with Crippen molar-refractivity contribution in [1.82, 2.24) is 14.7 Å². The number of hydrogen-bond donors (Lipinski definition) is 1. The molecule has 0 amide bonds. The van der Waals surface area contributed by atoms with Gasteiger partial charge >= 0.3 is 0 Å². The molecule has 1 N–H and O–H groups in total. The molecule has 0 unspecified atom stereocenters. The molecule has 0 radical (unpaired) electrons. The van der Waals surface area contributed by atoms with E-state index in [9.17, 15) is 0 Å². The minimum atomic E-state index is 0.282. The Morgan fingerprint density at radius 1 is 1.00 bits per heavy atom. The highest BCUT2D eigenvalue weighted by Crippen LogP contribution is 2.16. The smallest absolute Gasteiger partial charge is 0.0665 e. The average molecular weight is 215 g/mol. The lowest BCUT2D eigenvalue weighted by atomic mass is 10.2. The molecule has 1 heterocycles. The highest BCUT2D eigenvalue weighted by atomic mass is 16.3. The Morgan fingerprint density at radius 3 is 1.87 bits per heavy atom. The maximum atomic E-state index is 9.10. The van der Waals surface area contributed by atoms with Gasteiger partial charge in [-0.3, -0.25) is 14.7 Å². The fourth-order valence-corrected chi connectivity index (χ4v) is 2.28. The van der Waals surface area contributed by atoms with E-state index >= 15 is 0 Å². The predicted molar refractivity (Wildman–Crippen MR) is 62.4 cm³/mol. The van der Waals surface area contributed by atoms with Crippen molar-refractivity contribution in [3.8, 4) is 0 Å². The highest BCUT2D eigenvalue weighted by Gasteiger charge is 2.29. The van der Waals surface area contributed by atoms with Crippen LogP contribution in [-0.4, -0.2) is 65.6 Å². The van der Waals surface area contributed by atoms with Crippen LogP contribution in [0.15, 0.2) is 0 Å². The standard InChI is InChI=1S/C11H25N3O/c1-4-12-9-13(5-2)11(7-8-15)14(6-3)10-12/h11,15H,4-10H2,1-3H3. The van der Waals surface area contributed by atoms with Crippen molar-refractivity contribution in [2.24, 2.45) is 0 Å². The molecule has 1 saturated heterocycles. The van der Waals surface area contributed by atoms with Gasteiger partial charge in [-0.25, -0.2) is 0 Å². The second kappa shape index (κ2) is 6.43. The number of aliphatic hydroxyl groups excluding tert-OH is 1. The van der Waals surface area contributed by atoms with Crippen molar-refractivity contribution in [3.63, 3.8) is 0 Å². The number of rotatable bonds is 5. The van der Waals surface area contributed by atoms with Crippen LogP contribution in [0, 0.1) is 0 Å². The van der Waals surface area contributed by atoms with Crippen LogP contribution in [0.5, 0.6) is 0 Å². The van der Waals surface area contributed by atoms with E-state index < -0.39 is 0 Å². The molecule has 0 spiro atoms. The first kappa shape index (κ1) is 12.9. The molecule has 0 aromatic rings. The molecule has 1 rings (SSSR count). The fraction of sp³-hybridized carbons (Fsp3) is 1.00. The van der Waals surface area contributed by atoms with Gasteiger partial charge in [0.1, 0.15) is 0 Å². The maximum absolute atomic E-state index is 9.10. The van der Waals surface area contributed by atoms with Crippen LogP contribution in [0.4, 0.5) is 0 Å². The van der Waals surface area contributed by atoms with Crippen LogP contribution in [-0.2, 0) is 0 Å². The van der Waals surface area contributed by atoms with Crippen molar-refractivity contribution in [3.05, 3.63) is 0 Å². The molecule has 1 aliphatic heterocycles. The monoisotopic (exact) mass is 215 g/mol. The van der Waals surface area contributed by atoms with Gasteiger partial charge in [0, 0.05) is 6.61 Å². The van der Waals surface area contributed by atoms with E-state index in [2.05, 4.69) is 35.5 Å². The SMILES string of the molecule is CCN1CN(CC)C(CCO)N(CC)C1. The van der Waals surface area contributed by atoms with Crippen molar-refractivity contribution in [2.75, 3.05) is 39.6 Å². The summed E-state index contributed by atoms with van der Waals surface area (Å²) in [6, 6.07) is 0. The molecular formula is C11H25N3O. The molecule has 90 valence electrons.